The summed E-state index contributed by atoms with van der Waals surface area (Å²) in [6.45, 7) is 10.5. The Balaban J connectivity index is 1.97. The fourth-order valence-electron chi connectivity index (χ4n) is 3.58. The van der Waals surface area contributed by atoms with Crippen LogP contribution in [0.2, 0.25) is 5.02 Å². The summed E-state index contributed by atoms with van der Waals surface area (Å²) in [4.78, 5) is 28.4. The predicted octanol–water partition coefficient (Wildman–Crippen LogP) is 5.81. The Hall–Kier alpha value is -1.98. The molecule has 166 valence electrons. The van der Waals surface area contributed by atoms with Gasteiger partial charge in [0.1, 0.15) is 11.4 Å². The summed E-state index contributed by atoms with van der Waals surface area (Å²) >= 11 is 7.96. The van der Waals surface area contributed by atoms with Gasteiger partial charge in [0, 0.05) is 11.8 Å². The second kappa shape index (κ2) is 9.66. The fourth-order valence-corrected chi connectivity index (χ4v) is 5.22. The van der Waals surface area contributed by atoms with E-state index in [0.29, 0.717) is 16.3 Å². The third-order valence-electron chi connectivity index (χ3n) is 5.70. The Kier molecular flexibility index (Phi) is 7.38. The van der Waals surface area contributed by atoms with Crippen molar-refractivity contribution >= 4 is 35.2 Å². The summed E-state index contributed by atoms with van der Waals surface area (Å²) in [5.74, 6) is 0.213. The third kappa shape index (κ3) is 5.27. The number of halogens is 1. The number of nitrogens with zero attached hydrogens (tertiary/aromatic N) is 1. The average Bonchev–Trinajstić information content (AvgIpc) is 3.18. The molecule has 1 saturated heterocycles. The van der Waals surface area contributed by atoms with Crippen molar-refractivity contribution in [1.82, 2.24) is 10.2 Å². The smallest absolute Gasteiger partial charge is 0.257 e. The molecule has 3 atom stereocenters. The normalized spacial score (nSPS) is 19.9. The molecular weight excluding hydrogens is 428 g/mol. The SMILES string of the molecule is CCC(C)NC(=O)C1CSC(c2ccc(C(C)(C)C)cc2)N1C(=O)c1ccccc1Cl. The van der Waals surface area contributed by atoms with Crippen molar-refractivity contribution in [3.8, 4) is 0 Å². The molecule has 1 fully saturated rings. The molecule has 2 aromatic carbocycles. The molecule has 0 spiro atoms. The van der Waals surface area contributed by atoms with E-state index in [4.69, 9.17) is 11.6 Å². The lowest BCUT2D eigenvalue weighted by molar-refractivity contribution is -0.125. The first-order chi connectivity index (χ1) is 14.6. The summed E-state index contributed by atoms with van der Waals surface area (Å²) < 4.78 is 0. The van der Waals surface area contributed by atoms with Crippen LogP contribution < -0.4 is 5.32 Å². The van der Waals surface area contributed by atoms with Crippen LogP contribution in [0.15, 0.2) is 48.5 Å². The highest BCUT2D eigenvalue weighted by molar-refractivity contribution is 7.99. The zero-order valence-corrected chi connectivity index (χ0v) is 20.4. The molecule has 1 N–H and O–H groups in total. The van der Waals surface area contributed by atoms with Gasteiger partial charge in [-0.3, -0.25) is 9.59 Å². The molecule has 0 aliphatic carbocycles. The van der Waals surface area contributed by atoms with Gasteiger partial charge in [0.25, 0.3) is 5.91 Å². The van der Waals surface area contributed by atoms with Crippen LogP contribution in [0.1, 0.15) is 67.9 Å². The zero-order valence-electron chi connectivity index (χ0n) is 18.8. The number of hydrogen-bond acceptors (Lipinski definition) is 3. The number of amides is 2. The monoisotopic (exact) mass is 458 g/mol. The van der Waals surface area contributed by atoms with E-state index in [1.807, 2.05) is 13.8 Å². The van der Waals surface area contributed by atoms with Gasteiger partial charge < -0.3 is 10.2 Å². The van der Waals surface area contributed by atoms with Gasteiger partial charge in [-0.2, -0.15) is 0 Å². The van der Waals surface area contributed by atoms with Crippen LogP contribution in [0.25, 0.3) is 0 Å². The first-order valence-electron chi connectivity index (χ1n) is 10.7. The topological polar surface area (TPSA) is 49.4 Å². The maximum atomic E-state index is 13.6. The molecule has 31 heavy (non-hydrogen) atoms. The van der Waals surface area contributed by atoms with Gasteiger partial charge in [-0.15, -0.1) is 11.8 Å². The second-order valence-electron chi connectivity index (χ2n) is 9.08. The van der Waals surface area contributed by atoms with E-state index in [1.165, 1.54) is 5.56 Å². The van der Waals surface area contributed by atoms with E-state index in [-0.39, 0.29) is 28.6 Å². The fraction of sp³-hybridized carbons (Fsp3) is 0.440. The van der Waals surface area contributed by atoms with E-state index >= 15 is 0 Å². The molecule has 3 rings (SSSR count). The lowest BCUT2D eigenvalue weighted by atomic mass is 9.86. The van der Waals surface area contributed by atoms with Crippen LogP contribution in [0, 0.1) is 0 Å². The summed E-state index contributed by atoms with van der Waals surface area (Å²) in [6, 6.07) is 14.9. The number of carbonyl (C=O) groups excluding carboxylic acids is 2. The maximum Gasteiger partial charge on any atom is 0.257 e. The first-order valence-corrected chi connectivity index (χ1v) is 12.2. The van der Waals surface area contributed by atoms with Crippen LogP contribution in [0.4, 0.5) is 0 Å². The lowest BCUT2D eigenvalue weighted by Crippen LogP contribution is -2.50. The van der Waals surface area contributed by atoms with Crippen molar-refractivity contribution in [1.29, 1.82) is 0 Å². The number of benzene rings is 2. The molecule has 2 aromatic rings. The van der Waals surface area contributed by atoms with E-state index in [0.717, 1.165) is 12.0 Å². The predicted molar refractivity (Wildman–Crippen MR) is 130 cm³/mol. The van der Waals surface area contributed by atoms with Gasteiger partial charge in [0.15, 0.2) is 0 Å². The molecule has 0 bridgehead atoms. The minimum absolute atomic E-state index is 0.0487. The van der Waals surface area contributed by atoms with Crippen molar-refractivity contribution in [3.63, 3.8) is 0 Å². The number of thioether (sulfide) groups is 1. The largest absolute Gasteiger partial charge is 0.352 e. The standard InChI is InChI=1S/C25H31ClN2O2S/c1-6-16(2)27-22(29)21-15-31-24(17-11-13-18(14-12-17)25(3,4)5)28(21)23(30)19-9-7-8-10-20(19)26/h7-14,16,21,24H,6,15H2,1-5H3,(H,27,29). The highest BCUT2D eigenvalue weighted by Gasteiger charge is 2.43. The Bertz CT molecular complexity index is 939. The van der Waals surface area contributed by atoms with Crippen molar-refractivity contribution in [3.05, 3.63) is 70.2 Å². The molecule has 0 aromatic heterocycles. The summed E-state index contributed by atoms with van der Waals surface area (Å²) in [5.41, 5.74) is 2.71. The van der Waals surface area contributed by atoms with Crippen molar-refractivity contribution < 1.29 is 9.59 Å². The molecule has 6 heteroatoms. The highest BCUT2D eigenvalue weighted by Crippen LogP contribution is 2.43. The van der Waals surface area contributed by atoms with E-state index in [9.17, 15) is 9.59 Å². The Labute approximate surface area is 194 Å². The Morgan fingerprint density at radius 2 is 1.81 bits per heavy atom. The quantitative estimate of drug-likeness (QED) is 0.615. The second-order valence-corrected chi connectivity index (χ2v) is 10.6. The number of carbonyl (C=O) groups is 2. The first kappa shape index (κ1) is 23.7. The molecule has 1 aliphatic rings. The van der Waals surface area contributed by atoms with Crippen LogP contribution in [-0.4, -0.2) is 34.6 Å². The summed E-state index contributed by atoms with van der Waals surface area (Å²) in [6.07, 6.45) is 0.835. The van der Waals surface area contributed by atoms with Gasteiger partial charge in [-0.05, 0) is 42.0 Å². The number of nitrogens with one attached hydrogen (secondary N) is 1. The minimum atomic E-state index is -0.546. The molecule has 1 aliphatic heterocycles. The Morgan fingerprint density at radius 3 is 2.39 bits per heavy atom. The van der Waals surface area contributed by atoms with Gasteiger partial charge in [0.2, 0.25) is 5.91 Å². The van der Waals surface area contributed by atoms with Gasteiger partial charge >= 0.3 is 0 Å². The maximum absolute atomic E-state index is 13.6. The average molecular weight is 459 g/mol. The molecule has 0 radical (unpaired) electrons. The number of rotatable bonds is 5. The molecule has 4 nitrogen and oxygen atoms in total. The van der Waals surface area contributed by atoms with Crippen molar-refractivity contribution in [2.45, 2.75) is 63.9 Å². The summed E-state index contributed by atoms with van der Waals surface area (Å²) in [5, 5.41) is 3.20. The molecule has 3 unspecified atom stereocenters. The van der Waals surface area contributed by atoms with Crippen LogP contribution in [0.5, 0.6) is 0 Å². The molecule has 0 saturated carbocycles. The number of hydrogen-bond donors (Lipinski definition) is 1. The third-order valence-corrected chi connectivity index (χ3v) is 7.36. The van der Waals surface area contributed by atoms with Crippen LogP contribution >= 0.6 is 23.4 Å². The van der Waals surface area contributed by atoms with Crippen molar-refractivity contribution in [2.75, 3.05) is 5.75 Å². The van der Waals surface area contributed by atoms with Gasteiger partial charge in [-0.25, -0.2) is 0 Å². The minimum Gasteiger partial charge on any atom is -0.352 e. The molecular formula is C25H31ClN2O2S. The highest BCUT2D eigenvalue weighted by atomic mass is 35.5. The molecule has 2 amide bonds. The van der Waals surface area contributed by atoms with Crippen molar-refractivity contribution in [2.24, 2.45) is 0 Å². The van der Waals surface area contributed by atoms with E-state index in [1.54, 1.807) is 40.9 Å². The summed E-state index contributed by atoms with van der Waals surface area (Å²) in [7, 11) is 0. The van der Waals surface area contributed by atoms with Crippen LogP contribution in [0.3, 0.4) is 0 Å². The Morgan fingerprint density at radius 1 is 1.16 bits per heavy atom. The van der Waals surface area contributed by atoms with Gasteiger partial charge in [-0.1, -0.05) is 75.7 Å². The van der Waals surface area contributed by atoms with Gasteiger partial charge in [0.05, 0.1) is 10.6 Å². The zero-order chi connectivity index (χ0) is 22.8. The molecule has 1 heterocycles. The van der Waals surface area contributed by atoms with E-state index in [2.05, 4.69) is 50.4 Å². The van der Waals surface area contributed by atoms with E-state index < -0.39 is 6.04 Å². The lowest BCUT2D eigenvalue weighted by Gasteiger charge is -2.30. The van der Waals surface area contributed by atoms with Crippen LogP contribution in [-0.2, 0) is 10.2 Å².